The summed E-state index contributed by atoms with van der Waals surface area (Å²) in [6, 6.07) is 11.4. The van der Waals surface area contributed by atoms with Crippen molar-refractivity contribution in [1.29, 1.82) is 0 Å². The molecule has 1 aliphatic heterocycles. The van der Waals surface area contributed by atoms with Gasteiger partial charge in [-0.2, -0.15) is 0 Å². The topological polar surface area (TPSA) is 67.6 Å². The number of nitrogens with two attached hydrogens (primary N) is 1. The molecule has 3 rings (SSSR count). The number of hydrogen-bond acceptors (Lipinski definition) is 4. The van der Waals surface area contributed by atoms with Gasteiger partial charge < -0.3 is 15.8 Å². The quantitative estimate of drug-likeness (QED) is 0.761. The van der Waals surface area contributed by atoms with Crippen molar-refractivity contribution >= 4 is 23.2 Å². The molecule has 0 aliphatic carbocycles. The van der Waals surface area contributed by atoms with Crippen LogP contribution in [0.25, 0.3) is 0 Å². The molecule has 0 unspecified atom stereocenters. The van der Waals surface area contributed by atoms with Crippen molar-refractivity contribution < 1.29 is 9.53 Å². The van der Waals surface area contributed by atoms with Gasteiger partial charge in [-0.15, -0.1) is 0 Å². The van der Waals surface area contributed by atoms with Crippen LogP contribution in [0.2, 0.25) is 5.02 Å². The number of likely N-dealkylation sites (tertiary alicyclic amines) is 1. The van der Waals surface area contributed by atoms with Crippen LogP contribution in [0.4, 0.5) is 5.69 Å². The molecule has 6 heteroatoms. The fraction of sp³-hybridized carbons (Fsp3) is 0.350. The predicted octanol–water partition coefficient (Wildman–Crippen LogP) is 3.46. The Morgan fingerprint density at radius 3 is 2.69 bits per heavy atom. The highest BCUT2D eigenvalue weighted by Gasteiger charge is 2.15. The lowest BCUT2D eigenvalue weighted by molar-refractivity contribution is 0.0948. The molecule has 138 valence electrons. The second-order valence-corrected chi connectivity index (χ2v) is 6.97. The van der Waals surface area contributed by atoms with Crippen molar-refractivity contribution in [2.45, 2.75) is 25.9 Å². The lowest BCUT2D eigenvalue weighted by Crippen LogP contribution is -2.24. The van der Waals surface area contributed by atoms with Crippen LogP contribution < -0.4 is 15.8 Å². The monoisotopic (exact) mass is 373 g/mol. The molecular weight excluding hydrogens is 350 g/mol. The standard InChI is InChI=1S/C20H24ClN3O2/c1-26-19-11-18(22)17(21)10-16(19)20(25)23-12-14-5-4-6-15(9-14)13-24-7-2-3-8-24/h4-6,9-11H,2-3,7-8,12-13,22H2,1H3,(H,23,25). The molecule has 1 fully saturated rings. The maximum atomic E-state index is 12.5. The van der Waals surface area contributed by atoms with Gasteiger partial charge in [-0.1, -0.05) is 35.9 Å². The maximum Gasteiger partial charge on any atom is 0.255 e. The summed E-state index contributed by atoms with van der Waals surface area (Å²) in [7, 11) is 1.50. The number of anilines is 1. The number of amides is 1. The third-order valence-corrected chi connectivity index (χ3v) is 4.94. The van der Waals surface area contributed by atoms with Crippen LogP contribution in [0.15, 0.2) is 36.4 Å². The number of carbonyl (C=O) groups excluding carboxylic acids is 1. The van der Waals surface area contributed by atoms with Gasteiger partial charge in [-0.25, -0.2) is 0 Å². The molecule has 1 saturated heterocycles. The second-order valence-electron chi connectivity index (χ2n) is 6.56. The van der Waals surface area contributed by atoms with Gasteiger partial charge in [0.25, 0.3) is 5.91 Å². The third-order valence-electron chi connectivity index (χ3n) is 4.61. The predicted molar refractivity (Wildman–Crippen MR) is 105 cm³/mol. The molecule has 3 N–H and O–H groups in total. The highest BCUT2D eigenvalue weighted by Crippen LogP contribution is 2.28. The van der Waals surface area contributed by atoms with Gasteiger partial charge in [0.2, 0.25) is 0 Å². The fourth-order valence-electron chi connectivity index (χ4n) is 3.23. The number of hydrogen-bond donors (Lipinski definition) is 2. The molecule has 0 atom stereocenters. The lowest BCUT2D eigenvalue weighted by Gasteiger charge is -2.15. The van der Waals surface area contributed by atoms with Gasteiger partial charge in [0.1, 0.15) is 5.75 Å². The van der Waals surface area contributed by atoms with Crippen LogP contribution in [-0.2, 0) is 13.1 Å². The Balaban J connectivity index is 1.65. The number of halogens is 1. The van der Waals surface area contributed by atoms with E-state index in [-0.39, 0.29) is 5.91 Å². The van der Waals surface area contributed by atoms with Crippen LogP contribution in [0.5, 0.6) is 5.75 Å². The number of carbonyl (C=O) groups is 1. The number of benzene rings is 2. The molecule has 0 radical (unpaired) electrons. The van der Waals surface area contributed by atoms with E-state index >= 15 is 0 Å². The van der Waals surface area contributed by atoms with Crippen LogP contribution in [0.3, 0.4) is 0 Å². The van der Waals surface area contributed by atoms with Crippen molar-refractivity contribution in [2.75, 3.05) is 25.9 Å². The Hall–Kier alpha value is -2.24. The van der Waals surface area contributed by atoms with Gasteiger partial charge in [0.05, 0.1) is 23.4 Å². The van der Waals surface area contributed by atoms with Crippen molar-refractivity contribution in [3.05, 3.63) is 58.1 Å². The zero-order chi connectivity index (χ0) is 18.5. The minimum absolute atomic E-state index is 0.242. The van der Waals surface area contributed by atoms with E-state index in [0.717, 1.165) is 12.1 Å². The summed E-state index contributed by atoms with van der Waals surface area (Å²) in [6.45, 7) is 3.73. The van der Waals surface area contributed by atoms with Gasteiger partial charge in [0, 0.05) is 19.2 Å². The average Bonchev–Trinajstić information content (AvgIpc) is 3.15. The van der Waals surface area contributed by atoms with E-state index in [1.807, 2.05) is 12.1 Å². The van der Waals surface area contributed by atoms with Crippen molar-refractivity contribution in [3.8, 4) is 5.75 Å². The van der Waals surface area contributed by atoms with E-state index in [1.54, 1.807) is 6.07 Å². The summed E-state index contributed by atoms with van der Waals surface area (Å²) in [6.07, 6.45) is 2.56. The maximum absolute atomic E-state index is 12.5. The molecule has 1 aliphatic rings. The summed E-state index contributed by atoms with van der Waals surface area (Å²) < 4.78 is 5.24. The number of methoxy groups -OCH3 is 1. The number of nitrogen functional groups attached to an aromatic ring is 1. The van der Waals surface area contributed by atoms with E-state index in [0.29, 0.717) is 28.6 Å². The summed E-state index contributed by atoms with van der Waals surface area (Å²) in [4.78, 5) is 15.0. The summed E-state index contributed by atoms with van der Waals surface area (Å²) in [5, 5.41) is 3.26. The molecule has 0 spiro atoms. The van der Waals surface area contributed by atoms with Crippen LogP contribution in [0.1, 0.15) is 34.3 Å². The molecular formula is C20H24ClN3O2. The third kappa shape index (κ3) is 4.48. The largest absolute Gasteiger partial charge is 0.496 e. The molecule has 0 aromatic heterocycles. The fourth-order valence-corrected chi connectivity index (χ4v) is 3.39. The molecule has 1 heterocycles. The van der Waals surface area contributed by atoms with Gasteiger partial charge in [-0.3, -0.25) is 9.69 Å². The number of nitrogens with zero attached hydrogens (tertiary/aromatic N) is 1. The highest BCUT2D eigenvalue weighted by molar-refractivity contribution is 6.33. The Morgan fingerprint density at radius 2 is 1.96 bits per heavy atom. The molecule has 26 heavy (non-hydrogen) atoms. The summed E-state index contributed by atoms with van der Waals surface area (Å²) in [5.41, 5.74) is 8.86. The molecule has 0 saturated carbocycles. The van der Waals surface area contributed by atoms with E-state index in [2.05, 4.69) is 22.3 Å². The number of nitrogens with one attached hydrogen (secondary N) is 1. The number of rotatable bonds is 6. The van der Waals surface area contributed by atoms with E-state index in [1.165, 1.54) is 44.7 Å². The molecule has 0 bridgehead atoms. The van der Waals surface area contributed by atoms with E-state index in [9.17, 15) is 4.79 Å². The highest BCUT2D eigenvalue weighted by atomic mass is 35.5. The van der Waals surface area contributed by atoms with E-state index < -0.39 is 0 Å². The first-order chi connectivity index (χ1) is 12.6. The molecule has 5 nitrogen and oxygen atoms in total. The Bertz CT molecular complexity index is 789. The minimum Gasteiger partial charge on any atom is -0.496 e. The normalized spacial score (nSPS) is 14.4. The Morgan fingerprint density at radius 1 is 1.23 bits per heavy atom. The van der Waals surface area contributed by atoms with Crippen LogP contribution in [-0.4, -0.2) is 31.0 Å². The molecule has 1 amide bonds. The van der Waals surface area contributed by atoms with Crippen LogP contribution >= 0.6 is 11.6 Å². The Labute approximate surface area is 159 Å². The second kappa shape index (κ2) is 8.43. The zero-order valence-corrected chi connectivity index (χ0v) is 15.7. The summed E-state index contributed by atoms with van der Waals surface area (Å²) >= 11 is 6.04. The zero-order valence-electron chi connectivity index (χ0n) is 14.9. The minimum atomic E-state index is -0.242. The first kappa shape index (κ1) is 18.5. The van der Waals surface area contributed by atoms with Crippen molar-refractivity contribution in [2.24, 2.45) is 0 Å². The van der Waals surface area contributed by atoms with Gasteiger partial charge in [0.15, 0.2) is 0 Å². The first-order valence-corrected chi connectivity index (χ1v) is 9.16. The van der Waals surface area contributed by atoms with Gasteiger partial charge >= 0.3 is 0 Å². The Kier molecular flexibility index (Phi) is 6.01. The lowest BCUT2D eigenvalue weighted by atomic mass is 10.1. The molecule has 2 aromatic carbocycles. The average molecular weight is 374 g/mol. The van der Waals surface area contributed by atoms with Crippen molar-refractivity contribution in [1.82, 2.24) is 10.2 Å². The van der Waals surface area contributed by atoms with E-state index in [4.69, 9.17) is 22.1 Å². The molecule has 2 aromatic rings. The van der Waals surface area contributed by atoms with Crippen molar-refractivity contribution in [3.63, 3.8) is 0 Å². The van der Waals surface area contributed by atoms with Crippen LogP contribution in [0, 0.1) is 0 Å². The first-order valence-electron chi connectivity index (χ1n) is 8.78. The number of ether oxygens (including phenoxy) is 1. The smallest absolute Gasteiger partial charge is 0.255 e. The van der Waals surface area contributed by atoms with Gasteiger partial charge in [-0.05, 0) is 43.1 Å². The SMILES string of the molecule is COc1cc(N)c(Cl)cc1C(=O)NCc1cccc(CN2CCCC2)c1. The summed E-state index contributed by atoms with van der Waals surface area (Å²) in [5.74, 6) is 0.167.